The van der Waals surface area contributed by atoms with Crippen molar-refractivity contribution >= 4 is 71.6 Å². The third-order valence-corrected chi connectivity index (χ3v) is 13.4. The van der Waals surface area contributed by atoms with E-state index in [4.69, 9.17) is 4.42 Å². The van der Waals surface area contributed by atoms with Crippen molar-refractivity contribution < 1.29 is 4.42 Å². The average Bonchev–Trinajstić information content (AvgIpc) is 3.95. The Morgan fingerprint density at radius 2 is 0.806 bits per heavy atom. The maximum Gasteiger partial charge on any atom is 0.143 e. The Kier molecular flexibility index (Phi) is 9.17. The highest BCUT2D eigenvalue weighted by molar-refractivity contribution is 6.11. The van der Waals surface area contributed by atoms with Crippen LogP contribution in [0.25, 0.3) is 105 Å². The highest BCUT2D eigenvalue weighted by Gasteiger charge is 2.18. The summed E-state index contributed by atoms with van der Waals surface area (Å²) in [5, 5.41) is 7.23. The van der Waals surface area contributed by atoms with Crippen molar-refractivity contribution in [3.63, 3.8) is 0 Å². The topological polar surface area (TPSA) is 21.3 Å². The summed E-state index contributed by atoms with van der Waals surface area (Å²) < 4.78 is 8.90. The fourth-order valence-corrected chi connectivity index (χ4v) is 10.1. The van der Waals surface area contributed by atoms with E-state index in [1.54, 1.807) is 0 Å². The summed E-state index contributed by atoms with van der Waals surface area (Å²) in [7, 11) is 0. The van der Waals surface area contributed by atoms with Crippen LogP contribution in [0.15, 0.2) is 259 Å². The first-order valence-electron chi connectivity index (χ1n) is 22.9. The number of anilines is 3. The van der Waals surface area contributed by atoms with Crippen molar-refractivity contribution in [3.05, 3.63) is 255 Å². The van der Waals surface area contributed by atoms with E-state index in [-0.39, 0.29) is 0 Å². The molecule has 67 heavy (non-hydrogen) atoms. The van der Waals surface area contributed by atoms with Crippen LogP contribution < -0.4 is 4.90 Å². The molecule has 0 saturated heterocycles. The average molecular weight is 855 g/mol. The van der Waals surface area contributed by atoms with Crippen molar-refractivity contribution in [1.82, 2.24) is 4.57 Å². The van der Waals surface area contributed by atoms with E-state index in [1.807, 2.05) is 6.07 Å². The second-order valence-corrected chi connectivity index (χ2v) is 17.3. The Morgan fingerprint density at radius 1 is 0.299 bits per heavy atom. The molecule has 0 unspecified atom stereocenters. The van der Waals surface area contributed by atoms with Crippen molar-refractivity contribution in [1.29, 1.82) is 0 Å². The minimum absolute atomic E-state index is 0.888. The molecular formula is C64H42N2O. The fraction of sp³-hybridized carbons (Fsp3) is 0. The second-order valence-electron chi connectivity index (χ2n) is 17.3. The summed E-state index contributed by atoms with van der Waals surface area (Å²) >= 11 is 0. The Hall–Kier alpha value is -8.92. The largest absolute Gasteiger partial charge is 0.455 e. The standard InChI is InChI=1S/C64H42N2O/c1-3-13-46(14-4-1)56-22-12-23-59-60-41-48(32-40-63(60)67-64(56)59)43-25-33-51(34-26-43)65(53-37-29-47(30-38-53)55-21-11-16-45-15-7-8-19-54(45)55)52-35-27-44(28-36-52)49-31-39-58-57-20-9-10-24-61(57)66(62(58)42-49)50-17-5-2-6-18-50/h1-42H. The van der Waals surface area contributed by atoms with Crippen LogP contribution in [0, 0.1) is 0 Å². The lowest BCUT2D eigenvalue weighted by Crippen LogP contribution is -2.09. The van der Waals surface area contributed by atoms with Crippen LogP contribution in [-0.4, -0.2) is 4.57 Å². The molecule has 13 aromatic rings. The molecule has 2 aromatic heterocycles. The molecule has 0 N–H and O–H groups in total. The van der Waals surface area contributed by atoms with Gasteiger partial charge in [-0.3, -0.25) is 0 Å². The van der Waals surface area contributed by atoms with Gasteiger partial charge in [0.2, 0.25) is 0 Å². The second kappa shape index (κ2) is 16.0. The molecule has 0 spiro atoms. The molecule has 0 radical (unpaired) electrons. The highest BCUT2D eigenvalue weighted by Crippen LogP contribution is 2.42. The van der Waals surface area contributed by atoms with E-state index in [0.717, 1.165) is 72.5 Å². The number of para-hydroxylation sites is 3. The molecule has 314 valence electrons. The van der Waals surface area contributed by atoms with Gasteiger partial charge < -0.3 is 13.9 Å². The number of nitrogens with zero attached hydrogens (tertiary/aromatic N) is 2. The highest BCUT2D eigenvalue weighted by atomic mass is 16.3. The Balaban J connectivity index is 0.883. The van der Waals surface area contributed by atoms with Crippen molar-refractivity contribution in [2.24, 2.45) is 0 Å². The Morgan fingerprint density at radius 3 is 1.54 bits per heavy atom. The lowest BCUT2D eigenvalue weighted by Gasteiger charge is -2.26. The maximum absolute atomic E-state index is 6.52. The van der Waals surface area contributed by atoms with Gasteiger partial charge in [0, 0.05) is 49.9 Å². The summed E-state index contributed by atoms with van der Waals surface area (Å²) in [4.78, 5) is 2.36. The number of benzene rings is 11. The minimum atomic E-state index is 0.888. The van der Waals surface area contributed by atoms with Gasteiger partial charge in [-0.25, -0.2) is 0 Å². The summed E-state index contributed by atoms with van der Waals surface area (Å²) in [5.74, 6) is 0. The van der Waals surface area contributed by atoms with Crippen LogP contribution in [0.4, 0.5) is 17.1 Å². The van der Waals surface area contributed by atoms with Crippen LogP contribution in [-0.2, 0) is 0 Å². The molecule has 11 aromatic carbocycles. The number of furan rings is 1. The van der Waals surface area contributed by atoms with E-state index in [9.17, 15) is 0 Å². The quantitative estimate of drug-likeness (QED) is 0.152. The number of aromatic nitrogens is 1. The molecule has 0 bridgehead atoms. The van der Waals surface area contributed by atoms with Gasteiger partial charge in [-0.05, 0) is 123 Å². The Labute approximate surface area is 388 Å². The summed E-state index contributed by atoms with van der Waals surface area (Å²) in [6, 6.07) is 91.8. The Bertz CT molecular complexity index is 3940. The molecule has 0 aliphatic heterocycles. The monoisotopic (exact) mass is 854 g/mol. The first-order chi connectivity index (χ1) is 33.2. The van der Waals surface area contributed by atoms with E-state index in [2.05, 4.69) is 258 Å². The van der Waals surface area contributed by atoms with E-state index in [1.165, 1.54) is 49.3 Å². The molecule has 0 amide bonds. The lowest BCUT2D eigenvalue weighted by atomic mass is 9.98. The number of fused-ring (bicyclic) bond motifs is 7. The van der Waals surface area contributed by atoms with Crippen molar-refractivity contribution in [3.8, 4) is 50.2 Å². The van der Waals surface area contributed by atoms with E-state index in [0.29, 0.717) is 0 Å². The smallest absolute Gasteiger partial charge is 0.143 e. The predicted octanol–water partition coefficient (Wildman–Crippen LogP) is 18.0. The summed E-state index contributed by atoms with van der Waals surface area (Å²) in [6.07, 6.45) is 0. The molecule has 0 saturated carbocycles. The molecule has 0 fully saturated rings. The van der Waals surface area contributed by atoms with E-state index >= 15 is 0 Å². The van der Waals surface area contributed by atoms with Crippen LogP contribution in [0.1, 0.15) is 0 Å². The van der Waals surface area contributed by atoms with E-state index < -0.39 is 0 Å². The molecule has 2 heterocycles. The maximum atomic E-state index is 6.52. The van der Waals surface area contributed by atoms with Gasteiger partial charge in [0.15, 0.2) is 0 Å². The van der Waals surface area contributed by atoms with Crippen LogP contribution in [0.2, 0.25) is 0 Å². The third-order valence-electron chi connectivity index (χ3n) is 13.4. The van der Waals surface area contributed by atoms with Gasteiger partial charge >= 0.3 is 0 Å². The van der Waals surface area contributed by atoms with Gasteiger partial charge in [-0.15, -0.1) is 0 Å². The summed E-state index contributed by atoms with van der Waals surface area (Å²) in [5.41, 5.74) is 17.9. The van der Waals surface area contributed by atoms with Gasteiger partial charge in [0.25, 0.3) is 0 Å². The first kappa shape index (κ1) is 38.5. The lowest BCUT2D eigenvalue weighted by molar-refractivity contribution is 0.670. The number of rotatable bonds is 8. The minimum Gasteiger partial charge on any atom is -0.455 e. The molecule has 0 atom stereocenters. The predicted molar refractivity (Wildman–Crippen MR) is 282 cm³/mol. The normalized spacial score (nSPS) is 11.6. The van der Waals surface area contributed by atoms with Crippen molar-refractivity contribution in [2.75, 3.05) is 4.90 Å². The van der Waals surface area contributed by atoms with Crippen molar-refractivity contribution in [2.45, 2.75) is 0 Å². The SMILES string of the molecule is c1ccc(-c2cccc3c2oc2ccc(-c4ccc(N(c5ccc(-c6ccc7c8ccccc8n(-c8ccccc8)c7c6)cc5)c5ccc(-c6cccc7ccccc67)cc5)cc4)cc23)cc1. The number of hydrogen-bond donors (Lipinski definition) is 0. The number of hydrogen-bond acceptors (Lipinski definition) is 2. The molecule has 3 heteroatoms. The van der Waals surface area contributed by atoms with Gasteiger partial charge in [-0.1, -0.05) is 182 Å². The summed E-state index contributed by atoms with van der Waals surface area (Å²) in [6.45, 7) is 0. The molecule has 0 aliphatic rings. The zero-order chi connectivity index (χ0) is 44.3. The molecule has 0 aliphatic carbocycles. The van der Waals surface area contributed by atoms with Gasteiger partial charge in [-0.2, -0.15) is 0 Å². The van der Waals surface area contributed by atoms with Crippen LogP contribution >= 0.6 is 0 Å². The zero-order valence-corrected chi connectivity index (χ0v) is 36.6. The van der Waals surface area contributed by atoms with Crippen LogP contribution in [0.5, 0.6) is 0 Å². The van der Waals surface area contributed by atoms with Gasteiger partial charge in [0.1, 0.15) is 11.2 Å². The van der Waals surface area contributed by atoms with Crippen LogP contribution in [0.3, 0.4) is 0 Å². The zero-order valence-electron chi connectivity index (χ0n) is 36.6. The molecular weight excluding hydrogens is 813 g/mol. The van der Waals surface area contributed by atoms with Gasteiger partial charge in [0.05, 0.1) is 11.0 Å². The fourth-order valence-electron chi connectivity index (χ4n) is 10.1. The first-order valence-corrected chi connectivity index (χ1v) is 22.9. The third kappa shape index (κ3) is 6.67. The molecule has 13 rings (SSSR count). The molecule has 3 nitrogen and oxygen atoms in total.